The number of esters is 1. The highest BCUT2D eigenvalue weighted by Gasteiger charge is 2.35. The van der Waals surface area contributed by atoms with Gasteiger partial charge in [0.2, 0.25) is 5.89 Å². The van der Waals surface area contributed by atoms with E-state index in [4.69, 9.17) is 9.15 Å². The van der Waals surface area contributed by atoms with Crippen molar-refractivity contribution in [1.29, 1.82) is 0 Å². The van der Waals surface area contributed by atoms with Crippen LogP contribution >= 0.6 is 0 Å². The van der Waals surface area contributed by atoms with Gasteiger partial charge in [-0.15, -0.1) is 0 Å². The molecule has 1 aromatic heterocycles. The molecule has 4 heteroatoms. The van der Waals surface area contributed by atoms with Crippen molar-refractivity contribution in [3.05, 3.63) is 41.8 Å². The highest BCUT2D eigenvalue weighted by atomic mass is 16.5. The van der Waals surface area contributed by atoms with Gasteiger partial charge in [-0.1, -0.05) is 24.6 Å². The van der Waals surface area contributed by atoms with Crippen LogP contribution in [0, 0.1) is 0 Å². The highest BCUT2D eigenvalue weighted by Crippen LogP contribution is 2.43. The molecule has 0 amide bonds. The van der Waals surface area contributed by atoms with Crippen molar-refractivity contribution in [2.24, 2.45) is 0 Å². The summed E-state index contributed by atoms with van der Waals surface area (Å²) >= 11 is 0. The molecule has 0 atom stereocenters. The molecule has 2 fully saturated rings. The second-order valence-corrected chi connectivity index (χ2v) is 6.54. The van der Waals surface area contributed by atoms with Gasteiger partial charge in [0.1, 0.15) is 11.9 Å². The van der Waals surface area contributed by atoms with E-state index in [9.17, 15) is 4.79 Å². The molecule has 0 N–H and O–H groups in total. The Bertz CT molecular complexity index is 682. The van der Waals surface area contributed by atoms with Gasteiger partial charge in [-0.05, 0) is 50.7 Å². The predicted molar refractivity (Wildman–Crippen MR) is 86.2 cm³/mol. The Morgan fingerprint density at radius 3 is 2.48 bits per heavy atom. The molecule has 2 aliphatic carbocycles. The maximum Gasteiger partial charge on any atom is 0.360 e. The summed E-state index contributed by atoms with van der Waals surface area (Å²) in [7, 11) is 0. The van der Waals surface area contributed by atoms with Crippen molar-refractivity contribution in [3.8, 4) is 11.5 Å². The summed E-state index contributed by atoms with van der Waals surface area (Å²) in [4.78, 5) is 17.0. The van der Waals surface area contributed by atoms with Crippen LogP contribution in [-0.4, -0.2) is 17.1 Å². The van der Waals surface area contributed by atoms with Gasteiger partial charge in [-0.3, -0.25) is 0 Å². The smallest absolute Gasteiger partial charge is 0.360 e. The van der Waals surface area contributed by atoms with Crippen LogP contribution in [0.25, 0.3) is 11.5 Å². The third kappa shape index (κ3) is 3.16. The quantitative estimate of drug-likeness (QED) is 0.767. The minimum Gasteiger partial charge on any atom is -0.458 e. The number of benzene rings is 1. The van der Waals surface area contributed by atoms with Crippen LogP contribution in [0.15, 0.2) is 34.7 Å². The SMILES string of the molecule is O=C(OC1CCCCC1)c1nc(-c2ccccc2)oc1C1CC1. The third-order valence-corrected chi connectivity index (χ3v) is 4.64. The maximum atomic E-state index is 12.6. The number of carbonyl (C=O) groups is 1. The van der Waals surface area contributed by atoms with Crippen molar-refractivity contribution >= 4 is 5.97 Å². The fourth-order valence-electron chi connectivity index (χ4n) is 3.19. The van der Waals surface area contributed by atoms with Gasteiger partial charge in [0, 0.05) is 11.5 Å². The summed E-state index contributed by atoms with van der Waals surface area (Å²) in [6, 6.07) is 9.72. The summed E-state index contributed by atoms with van der Waals surface area (Å²) in [6.45, 7) is 0. The van der Waals surface area contributed by atoms with E-state index in [2.05, 4.69) is 4.98 Å². The Balaban J connectivity index is 1.59. The normalized spacial score (nSPS) is 18.8. The molecule has 23 heavy (non-hydrogen) atoms. The molecule has 0 unspecified atom stereocenters. The Morgan fingerprint density at radius 1 is 1.04 bits per heavy atom. The lowest BCUT2D eigenvalue weighted by Crippen LogP contribution is -2.21. The molecule has 0 saturated heterocycles. The first-order valence-corrected chi connectivity index (χ1v) is 8.58. The number of aromatic nitrogens is 1. The lowest BCUT2D eigenvalue weighted by Gasteiger charge is -2.21. The number of hydrogen-bond acceptors (Lipinski definition) is 4. The van der Waals surface area contributed by atoms with E-state index >= 15 is 0 Å². The minimum absolute atomic E-state index is 0.0418. The summed E-state index contributed by atoms with van der Waals surface area (Å²) in [6.07, 6.45) is 7.62. The fourth-order valence-corrected chi connectivity index (χ4v) is 3.19. The van der Waals surface area contributed by atoms with Crippen molar-refractivity contribution in [1.82, 2.24) is 4.98 Å². The van der Waals surface area contributed by atoms with E-state index in [1.807, 2.05) is 30.3 Å². The molecule has 0 radical (unpaired) electrons. The summed E-state index contributed by atoms with van der Waals surface area (Å²) in [5, 5.41) is 0. The maximum absolute atomic E-state index is 12.6. The predicted octanol–water partition coefficient (Wildman–Crippen LogP) is 4.71. The number of rotatable bonds is 4. The molecule has 2 aliphatic rings. The molecule has 2 aromatic rings. The van der Waals surface area contributed by atoms with E-state index in [-0.39, 0.29) is 12.1 Å². The average molecular weight is 311 g/mol. The molecule has 0 spiro atoms. The van der Waals surface area contributed by atoms with Crippen molar-refractivity contribution < 1.29 is 13.9 Å². The lowest BCUT2D eigenvalue weighted by atomic mass is 9.98. The first-order chi connectivity index (χ1) is 11.3. The highest BCUT2D eigenvalue weighted by molar-refractivity contribution is 5.89. The largest absolute Gasteiger partial charge is 0.458 e. The summed E-state index contributed by atoms with van der Waals surface area (Å²) in [5.74, 6) is 1.24. The van der Waals surface area contributed by atoms with Gasteiger partial charge in [0.15, 0.2) is 5.69 Å². The van der Waals surface area contributed by atoms with Crippen LogP contribution in [0.4, 0.5) is 0 Å². The standard InChI is InChI=1S/C19H21NO3/c21-19(22-15-9-5-2-6-10-15)16-17(13-11-12-13)23-18(20-16)14-7-3-1-4-8-14/h1,3-4,7-8,13,15H,2,5-6,9-12H2. The zero-order valence-corrected chi connectivity index (χ0v) is 13.2. The first-order valence-electron chi connectivity index (χ1n) is 8.58. The van der Waals surface area contributed by atoms with Crippen LogP contribution in [0.2, 0.25) is 0 Å². The Morgan fingerprint density at radius 2 is 1.78 bits per heavy atom. The van der Waals surface area contributed by atoms with Crippen molar-refractivity contribution in [2.45, 2.75) is 57.0 Å². The van der Waals surface area contributed by atoms with Gasteiger partial charge >= 0.3 is 5.97 Å². The van der Waals surface area contributed by atoms with E-state index in [1.165, 1.54) is 6.42 Å². The molecule has 0 aliphatic heterocycles. The minimum atomic E-state index is -0.315. The number of oxazole rings is 1. The molecule has 1 heterocycles. The number of carbonyl (C=O) groups excluding carboxylic acids is 1. The van der Waals surface area contributed by atoms with Crippen molar-refractivity contribution in [2.75, 3.05) is 0 Å². The van der Waals surface area contributed by atoms with Crippen LogP contribution in [0.5, 0.6) is 0 Å². The van der Waals surface area contributed by atoms with Gasteiger partial charge < -0.3 is 9.15 Å². The molecule has 4 rings (SSSR count). The third-order valence-electron chi connectivity index (χ3n) is 4.64. The Labute approximate surface area is 135 Å². The van der Waals surface area contributed by atoms with E-state index in [1.54, 1.807) is 0 Å². The molecule has 120 valence electrons. The van der Waals surface area contributed by atoms with Gasteiger partial charge in [-0.25, -0.2) is 9.78 Å². The monoisotopic (exact) mass is 311 g/mol. The molecular formula is C19H21NO3. The second-order valence-electron chi connectivity index (χ2n) is 6.54. The van der Waals surface area contributed by atoms with E-state index in [0.717, 1.165) is 44.1 Å². The fraction of sp³-hybridized carbons (Fsp3) is 0.474. The van der Waals surface area contributed by atoms with E-state index < -0.39 is 0 Å². The zero-order valence-electron chi connectivity index (χ0n) is 13.2. The average Bonchev–Trinajstić information content (AvgIpc) is 3.35. The molecule has 2 saturated carbocycles. The number of ether oxygens (including phenoxy) is 1. The first kappa shape index (κ1) is 14.5. The number of hydrogen-bond donors (Lipinski definition) is 0. The van der Waals surface area contributed by atoms with Crippen LogP contribution in [0.1, 0.15) is 67.1 Å². The molecule has 1 aromatic carbocycles. The molecule has 4 nitrogen and oxygen atoms in total. The van der Waals surface area contributed by atoms with Gasteiger partial charge in [0.25, 0.3) is 0 Å². The van der Waals surface area contributed by atoms with Crippen LogP contribution in [-0.2, 0) is 4.74 Å². The van der Waals surface area contributed by atoms with Gasteiger partial charge in [-0.2, -0.15) is 0 Å². The lowest BCUT2D eigenvalue weighted by molar-refractivity contribution is 0.0202. The Kier molecular flexibility index (Phi) is 3.90. The van der Waals surface area contributed by atoms with Crippen LogP contribution in [0.3, 0.4) is 0 Å². The molecular weight excluding hydrogens is 290 g/mol. The Hall–Kier alpha value is -2.10. The second kappa shape index (κ2) is 6.19. The zero-order chi connectivity index (χ0) is 15.6. The molecule has 0 bridgehead atoms. The summed E-state index contributed by atoms with van der Waals surface area (Å²) < 4.78 is 11.6. The number of nitrogens with zero attached hydrogens (tertiary/aromatic N) is 1. The van der Waals surface area contributed by atoms with Gasteiger partial charge in [0.05, 0.1) is 0 Å². The van der Waals surface area contributed by atoms with Crippen LogP contribution < -0.4 is 0 Å². The summed E-state index contributed by atoms with van der Waals surface area (Å²) in [5.41, 5.74) is 1.28. The van der Waals surface area contributed by atoms with E-state index in [0.29, 0.717) is 23.3 Å². The topological polar surface area (TPSA) is 52.3 Å². The van der Waals surface area contributed by atoms with Crippen molar-refractivity contribution in [3.63, 3.8) is 0 Å².